The molecule has 0 aliphatic heterocycles. The van der Waals surface area contributed by atoms with Crippen LogP contribution in [0.25, 0.3) is 0 Å². The van der Waals surface area contributed by atoms with E-state index in [4.69, 9.17) is 5.84 Å². The smallest absolute Gasteiger partial charge is 0.0897 e. The van der Waals surface area contributed by atoms with E-state index in [1.165, 1.54) is 25.0 Å². The van der Waals surface area contributed by atoms with Gasteiger partial charge < -0.3 is 0 Å². The highest BCUT2D eigenvalue weighted by Crippen LogP contribution is 2.33. The SMILES string of the molecule is Cc1nc(CC(CC2CC2)NN)cs1. The molecule has 1 atom stereocenters. The Kier molecular flexibility index (Phi) is 3.15. The van der Waals surface area contributed by atoms with Crippen molar-refractivity contribution in [1.29, 1.82) is 0 Å². The van der Waals surface area contributed by atoms with Crippen molar-refractivity contribution in [3.63, 3.8) is 0 Å². The molecule has 0 aromatic carbocycles. The molecule has 1 saturated carbocycles. The number of nitrogens with one attached hydrogen (secondary N) is 1. The predicted octanol–water partition coefficient (Wildman–Crippen LogP) is 1.63. The molecule has 0 spiro atoms. The normalized spacial score (nSPS) is 18.4. The summed E-state index contributed by atoms with van der Waals surface area (Å²) in [6, 6.07) is 0.406. The Morgan fingerprint density at radius 2 is 2.50 bits per heavy atom. The van der Waals surface area contributed by atoms with Gasteiger partial charge in [0.15, 0.2) is 0 Å². The molecule has 1 aromatic heterocycles. The van der Waals surface area contributed by atoms with Gasteiger partial charge in [0.25, 0.3) is 0 Å². The van der Waals surface area contributed by atoms with Gasteiger partial charge in [-0.05, 0) is 19.3 Å². The summed E-state index contributed by atoms with van der Waals surface area (Å²) in [5.41, 5.74) is 4.07. The molecule has 78 valence electrons. The lowest BCUT2D eigenvalue weighted by Crippen LogP contribution is -2.37. The number of thiazole rings is 1. The summed E-state index contributed by atoms with van der Waals surface area (Å²) in [4.78, 5) is 4.45. The average Bonchev–Trinajstić information content (AvgIpc) is 2.89. The number of hydrogen-bond acceptors (Lipinski definition) is 4. The van der Waals surface area contributed by atoms with E-state index in [2.05, 4.69) is 15.8 Å². The van der Waals surface area contributed by atoms with E-state index in [0.29, 0.717) is 6.04 Å². The van der Waals surface area contributed by atoms with Crippen LogP contribution in [0.5, 0.6) is 0 Å². The number of hydrazine groups is 1. The fourth-order valence-corrected chi connectivity index (χ4v) is 2.35. The van der Waals surface area contributed by atoms with Crippen molar-refractivity contribution in [2.45, 2.75) is 38.6 Å². The fraction of sp³-hybridized carbons (Fsp3) is 0.700. The molecule has 2 rings (SSSR count). The van der Waals surface area contributed by atoms with E-state index >= 15 is 0 Å². The Labute approximate surface area is 88.7 Å². The van der Waals surface area contributed by atoms with Gasteiger partial charge in [0.05, 0.1) is 10.7 Å². The van der Waals surface area contributed by atoms with Crippen molar-refractivity contribution in [1.82, 2.24) is 10.4 Å². The van der Waals surface area contributed by atoms with Gasteiger partial charge in [-0.25, -0.2) is 4.98 Å². The molecule has 0 saturated heterocycles. The topological polar surface area (TPSA) is 50.9 Å². The first-order valence-corrected chi connectivity index (χ1v) is 6.03. The number of nitrogens with two attached hydrogens (primary N) is 1. The Morgan fingerprint density at radius 3 is 3.00 bits per heavy atom. The molecule has 1 aromatic rings. The van der Waals surface area contributed by atoms with Crippen molar-refractivity contribution < 1.29 is 0 Å². The first-order valence-electron chi connectivity index (χ1n) is 5.15. The van der Waals surface area contributed by atoms with Crippen molar-refractivity contribution in [3.8, 4) is 0 Å². The van der Waals surface area contributed by atoms with Gasteiger partial charge in [-0.15, -0.1) is 11.3 Å². The summed E-state index contributed by atoms with van der Waals surface area (Å²) in [6.45, 7) is 2.04. The lowest BCUT2D eigenvalue weighted by Gasteiger charge is -2.13. The minimum absolute atomic E-state index is 0.406. The van der Waals surface area contributed by atoms with Crippen molar-refractivity contribution >= 4 is 11.3 Å². The summed E-state index contributed by atoms with van der Waals surface area (Å²) in [7, 11) is 0. The van der Waals surface area contributed by atoms with Gasteiger partial charge in [0, 0.05) is 17.8 Å². The predicted molar refractivity (Wildman–Crippen MR) is 59.0 cm³/mol. The second kappa shape index (κ2) is 4.38. The molecule has 1 aliphatic rings. The molecule has 3 nitrogen and oxygen atoms in total. The molecule has 1 unspecified atom stereocenters. The first kappa shape index (κ1) is 10.1. The highest BCUT2D eigenvalue weighted by Gasteiger charge is 2.25. The Bertz CT molecular complexity index is 293. The minimum Gasteiger partial charge on any atom is -0.271 e. The van der Waals surface area contributed by atoms with Crippen LogP contribution in [-0.4, -0.2) is 11.0 Å². The summed E-state index contributed by atoms with van der Waals surface area (Å²) >= 11 is 1.71. The molecular formula is C10H17N3S. The van der Waals surface area contributed by atoms with Crippen LogP contribution in [0.4, 0.5) is 0 Å². The number of aryl methyl sites for hydroxylation is 1. The van der Waals surface area contributed by atoms with Gasteiger partial charge in [-0.2, -0.15) is 0 Å². The Hall–Kier alpha value is -0.450. The van der Waals surface area contributed by atoms with E-state index in [1.54, 1.807) is 11.3 Å². The summed E-state index contributed by atoms with van der Waals surface area (Å²) in [6.07, 6.45) is 4.94. The zero-order valence-electron chi connectivity index (χ0n) is 8.49. The lowest BCUT2D eigenvalue weighted by atomic mass is 10.1. The minimum atomic E-state index is 0.406. The molecule has 4 heteroatoms. The number of hydrogen-bond donors (Lipinski definition) is 2. The molecular weight excluding hydrogens is 194 g/mol. The third-order valence-corrected chi connectivity index (χ3v) is 3.49. The van der Waals surface area contributed by atoms with E-state index in [-0.39, 0.29) is 0 Å². The van der Waals surface area contributed by atoms with Crippen LogP contribution in [0.15, 0.2) is 5.38 Å². The molecule has 1 fully saturated rings. The summed E-state index contributed by atoms with van der Waals surface area (Å²) in [5, 5.41) is 3.27. The number of rotatable bonds is 5. The van der Waals surface area contributed by atoms with Gasteiger partial charge >= 0.3 is 0 Å². The van der Waals surface area contributed by atoms with Crippen molar-refractivity contribution in [3.05, 3.63) is 16.1 Å². The standard InChI is InChI=1S/C10H17N3S/c1-7-12-10(6-14-7)5-9(13-11)4-8-2-3-8/h6,8-9,13H,2-5,11H2,1H3. The molecule has 3 N–H and O–H groups in total. The van der Waals surface area contributed by atoms with E-state index < -0.39 is 0 Å². The Balaban J connectivity index is 1.86. The summed E-state index contributed by atoms with van der Waals surface area (Å²) < 4.78 is 0. The van der Waals surface area contributed by atoms with Gasteiger partial charge in [0.2, 0.25) is 0 Å². The van der Waals surface area contributed by atoms with Crippen LogP contribution in [0.3, 0.4) is 0 Å². The quantitative estimate of drug-likeness (QED) is 0.575. The Morgan fingerprint density at radius 1 is 1.71 bits per heavy atom. The zero-order valence-corrected chi connectivity index (χ0v) is 9.31. The van der Waals surface area contributed by atoms with Crippen LogP contribution in [0, 0.1) is 12.8 Å². The van der Waals surface area contributed by atoms with E-state index in [9.17, 15) is 0 Å². The second-order valence-corrected chi connectivity index (χ2v) is 5.17. The lowest BCUT2D eigenvalue weighted by molar-refractivity contribution is 0.463. The maximum Gasteiger partial charge on any atom is 0.0897 e. The molecule has 14 heavy (non-hydrogen) atoms. The third kappa shape index (κ3) is 2.77. The van der Waals surface area contributed by atoms with Gasteiger partial charge in [-0.3, -0.25) is 11.3 Å². The van der Waals surface area contributed by atoms with Gasteiger partial charge in [-0.1, -0.05) is 12.8 Å². The van der Waals surface area contributed by atoms with Crippen LogP contribution in [0.1, 0.15) is 30.0 Å². The van der Waals surface area contributed by atoms with Crippen LogP contribution >= 0.6 is 11.3 Å². The fourth-order valence-electron chi connectivity index (χ4n) is 1.72. The number of nitrogens with zero attached hydrogens (tertiary/aromatic N) is 1. The number of aromatic nitrogens is 1. The van der Waals surface area contributed by atoms with E-state index in [1.807, 2.05) is 6.92 Å². The van der Waals surface area contributed by atoms with Crippen molar-refractivity contribution in [2.75, 3.05) is 0 Å². The highest BCUT2D eigenvalue weighted by atomic mass is 32.1. The zero-order chi connectivity index (χ0) is 9.97. The molecule has 1 heterocycles. The molecule has 0 bridgehead atoms. The second-order valence-electron chi connectivity index (χ2n) is 4.10. The van der Waals surface area contributed by atoms with Crippen LogP contribution < -0.4 is 11.3 Å². The maximum atomic E-state index is 5.53. The highest BCUT2D eigenvalue weighted by molar-refractivity contribution is 7.09. The molecule has 1 aliphatic carbocycles. The maximum absolute atomic E-state index is 5.53. The first-order chi connectivity index (χ1) is 6.78. The summed E-state index contributed by atoms with van der Waals surface area (Å²) in [5.74, 6) is 6.44. The molecule has 0 radical (unpaired) electrons. The average molecular weight is 211 g/mol. The largest absolute Gasteiger partial charge is 0.271 e. The van der Waals surface area contributed by atoms with Crippen LogP contribution in [-0.2, 0) is 6.42 Å². The van der Waals surface area contributed by atoms with Gasteiger partial charge in [0.1, 0.15) is 0 Å². The van der Waals surface area contributed by atoms with E-state index in [0.717, 1.165) is 17.3 Å². The monoisotopic (exact) mass is 211 g/mol. The van der Waals surface area contributed by atoms with Crippen LogP contribution in [0.2, 0.25) is 0 Å². The third-order valence-electron chi connectivity index (χ3n) is 2.67. The van der Waals surface area contributed by atoms with Crippen molar-refractivity contribution in [2.24, 2.45) is 11.8 Å². The molecule has 0 amide bonds.